The number of aliphatic hydroxyl groups is 1. The Bertz CT molecular complexity index is 425. The number of hydrogen-bond acceptors (Lipinski definition) is 4. The number of benzene rings is 1. The number of rotatable bonds is 4. The minimum absolute atomic E-state index is 0.201. The predicted octanol–water partition coefficient (Wildman–Crippen LogP) is 2.55. The fourth-order valence-electron chi connectivity index (χ4n) is 2.09. The van der Waals surface area contributed by atoms with E-state index in [-0.39, 0.29) is 5.75 Å². The van der Waals surface area contributed by atoms with Crippen molar-refractivity contribution in [1.29, 1.82) is 0 Å². The highest BCUT2D eigenvalue weighted by molar-refractivity contribution is 9.11. The predicted molar refractivity (Wildman–Crippen MR) is 80.2 cm³/mol. The zero-order valence-electron chi connectivity index (χ0n) is 10.5. The lowest BCUT2D eigenvalue weighted by atomic mass is 9.94. The molecule has 0 spiro atoms. The first kappa shape index (κ1) is 15.3. The Hall–Kier alpha value is -0.140. The van der Waals surface area contributed by atoms with Crippen molar-refractivity contribution in [2.24, 2.45) is 0 Å². The van der Waals surface area contributed by atoms with Crippen LogP contribution in [0.3, 0.4) is 0 Å². The monoisotopic (exact) mass is 393 g/mol. The van der Waals surface area contributed by atoms with Gasteiger partial charge in [-0.1, -0.05) is 0 Å². The second-order valence-corrected chi connectivity index (χ2v) is 6.56. The molecule has 1 heterocycles. The summed E-state index contributed by atoms with van der Waals surface area (Å²) in [5.41, 5.74) is 0.371. The van der Waals surface area contributed by atoms with Crippen LogP contribution < -0.4 is 5.32 Å². The molecule has 1 aliphatic heterocycles. The molecule has 0 radical (unpaired) electrons. The average molecular weight is 395 g/mol. The minimum Gasteiger partial charge on any atom is -0.506 e. The molecular formula is C13H17Br2NO3. The second-order valence-electron chi connectivity index (χ2n) is 4.85. The fraction of sp³-hybridized carbons (Fsp3) is 0.538. The van der Waals surface area contributed by atoms with E-state index in [1.807, 2.05) is 12.1 Å². The van der Waals surface area contributed by atoms with Crippen LogP contribution in [-0.2, 0) is 11.3 Å². The SMILES string of the molecule is Oc1c(Br)cc(CNCC2(O)CCOCC2)cc1Br. The average Bonchev–Trinajstić information content (AvgIpc) is 2.36. The summed E-state index contributed by atoms with van der Waals surface area (Å²) in [5, 5.41) is 23.2. The maximum Gasteiger partial charge on any atom is 0.143 e. The van der Waals surface area contributed by atoms with E-state index in [4.69, 9.17) is 4.74 Å². The molecule has 0 aliphatic carbocycles. The molecule has 1 aromatic carbocycles. The molecule has 0 aromatic heterocycles. The first-order valence-electron chi connectivity index (χ1n) is 6.18. The Morgan fingerprint density at radius 2 is 1.79 bits per heavy atom. The van der Waals surface area contributed by atoms with Gasteiger partial charge in [0.25, 0.3) is 0 Å². The summed E-state index contributed by atoms with van der Waals surface area (Å²) in [4.78, 5) is 0. The Balaban J connectivity index is 1.89. The number of halogens is 2. The van der Waals surface area contributed by atoms with E-state index in [0.717, 1.165) is 5.56 Å². The van der Waals surface area contributed by atoms with Crippen molar-refractivity contribution in [1.82, 2.24) is 5.32 Å². The maximum absolute atomic E-state index is 10.3. The summed E-state index contributed by atoms with van der Waals surface area (Å²) in [6.45, 7) is 2.43. The van der Waals surface area contributed by atoms with Crippen LogP contribution >= 0.6 is 31.9 Å². The van der Waals surface area contributed by atoms with Gasteiger partial charge >= 0.3 is 0 Å². The van der Waals surface area contributed by atoms with Crippen LogP contribution in [0.1, 0.15) is 18.4 Å². The molecule has 6 heteroatoms. The molecule has 1 saturated heterocycles. The quantitative estimate of drug-likeness (QED) is 0.734. The van der Waals surface area contributed by atoms with Gasteiger partial charge in [0.1, 0.15) is 5.75 Å². The summed E-state index contributed by atoms with van der Waals surface area (Å²) in [7, 11) is 0. The lowest BCUT2D eigenvalue weighted by Crippen LogP contribution is -2.44. The van der Waals surface area contributed by atoms with E-state index in [9.17, 15) is 10.2 Å². The van der Waals surface area contributed by atoms with Crippen molar-refractivity contribution in [3.63, 3.8) is 0 Å². The molecular weight excluding hydrogens is 378 g/mol. The Labute approximate surface area is 129 Å². The van der Waals surface area contributed by atoms with Crippen molar-refractivity contribution in [3.8, 4) is 5.75 Å². The molecule has 2 rings (SSSR count). The number of aromatic hydroxyl groups is 1. The summed E-state index contributed by atoms with van der Waals surface area (Å²) < 4.78 is 6.56. The highest BCUT2D eigenvalue weighted by atomic mass is 79.9. The van der Waals surface area contributed by atoms with Crippen LogP contribution in [0, 0.1) is 0 Å². The first-order valence-corrected chi connectivity index (χ1v) is 7.76. The van der Waals surface area contributed by atoms with Gasteiger partial charge in [0.15, 0.2) is 0 Å². The maximum atomic E-state index is 10.3. The van der Waals surface area contributed by atoms with E-state index < -0.39 is 5.60 Å². The lowest BCUT2D eigenvalue weighted by molar-refractivity contribution is -0.0617. The molecule has 4 nitrogen and oxygen atoms in total. The lowest BCUT2D eigenvalue weighted by Gasteiger charge is -2.32. The number of phenols is 1. The molecule has 1 aromatic rings. The number of nitrogens with one attached hydrogen (secondary N) is 1. The van der Waals surface area contributed by atoms with Crippen LogP contribution in [0.4, 0.5) is 0 Å². The summed E-state index contributed by atoms with van der Waals surface area (Å²) >= 11 is 6.60. The molecule has 0 saturated carbocycles. The van der Waals surface area contributed by atoms with Gasteiger partial charge in [-0.05, 0) is 49.6 Å². The van der Waals surface area contributed by atoms with Gasteiger partial charge in [-0.25, -0.2) is 0 Å². The number of phenolic OH excluding ortho intramolecular Hbond substituents is 1. The Morgan fingerprint density at radius 1 is 1.21 bits per heavy atom. The van der Waals surface area contributed by atoms with Crippen LogP contribution in [-0.4, -0.2) is 35.6 Å². The van der Waals surface area contributed by atoms with Gasteiger partial charge < -0.3 is 20.3 Å². The van der Waals surface area contributed by atoms with E-state index in [1.165, 1.54) is 0 Å². The number of hydrogen-bond donors (Lipinski definition) is 3. The normalized spacial score (nSPS) is 18.5. The first-order chi connectivity index (χ1) is 9.00. The van der Waals surface area contributed by atoms with Gasteiger partial charge in [-0.2, -0.15) is 0 Å². The zero-order chi connectivity index (χ0) is 13.9. The Kier molecular flexibility index (Phi) is 5.25. The zero-order valence-corrected chi connectivity index (χ0v) is 13.6. The van der Waals surface area contributed by atoms with Crippen molar-refractivity contribution in [2.75, 3.05) is 19.8 Å². The molecule has 3 N–H and O–H groups in total. The van der Waals surface area contributed by atoms with Crippen LogP contribution in [0.15, 0.2) is 21.1 Å². The molecule has 0 atom stereocenters. The van der Waals surface area contributed by atoms with Crippen molar-refractivity contribution in [3.05, 3.63) is 26.6 Å². The molecule has 19 heavy (non-hydrogen) atoms. The molecule has 1 aliphatic rings. The van der Waals surface area contributed by atoms with E-state index in [1.54, 1.807) is 0 Å². The smallest absolute Gasteiger partial charge is 0.143 e. The molecule has 1 fully saturated rings. The van der Waals surface area contributed by atoms with Crippen LogP contribution in [0.25, 0.3) is 0 Å². The summed E-state index contributed by atoms with van der Waals surface area (Å²) in [6.07, 6.45) is 1.34. The van der Waals surface area contributed by atoms with Gasteiger partial charge in [0, 0.05) is 39.1 Å². The van der Waals surface area contributed by atoms with Gasteiger partial charge in [0.05, 0.1) is 14.5 Å². The largest absolute Gasteiger partial charge is 0.506 e. The highest BCUT2D eigenvalue weighted by Gasteiger charge is 2.29. The third kappa shape index (κ3) is 4.16. The summed E-state index contributed by atoms with van der Waals surface area (Å²) in [5.74, 6) is 0.201. The topological polar surface area (TPSA) is 61.7 Å². The van der Waals surface area contributed by atoms with E-state index in [2.05, 4.69) is 37.2 Å². The molecule has 0 unspecified atom stereocenters. The van der Waals surface area contributed by atoms with Crippen LogP contribution in [0.5, 0.6) is 5.75 Å². The Morgan fingerprint density at radius 3 is 2.37 bits per heavy atom. The van der Waals surface area contributed by atoms with Crippen LogP contribution in [0.2, 0.25) is 0 Å². The van der Waals surface area contributed by atoms with Crippen molar-refractivity contribution >= 4 is 31.9 Å². The summed E-state index contributed by atoms with van der Waals surface area (Å²) in [6, 6.07) is 3.72. The van der Waals surface area contributed by atoms with E-state index in [0.29, 0.717) is 48.1 Å². The second kappa shape index (κ2) is 6.54. The van der Waals surface area contributed by atoms with Gasteiger partial charge in [-0.15, -0.1) is 0 Å². The number of ether oxygens (including phenoxy) is 1. The molecule has 106 valence electrons. The van der Waals surface area contributed by atoms with Crippen molar-refractivity contribution in [2.45, 2.75) is 25.0 Å². The van der Waals surface area contributed by atoms with Crippen molar-refractivity contribution < 1.29 is 14.9 Å². The standard InChI is InChI=1S/C13H17Br2NO3/c14-10-5-9(6-11(15)12(10)17)7-16-8-13(18)1-3-19-4-2-13/h5-6,16-18H,1-4,7-8H2. The van der Waals surface area contributed by atoms with Gasteiger partial charge in [0.2, 0.25) is 0 Å². The highest BCUT2D eigenvalue weighted by Crippen LogP contribution is 2.33. The fourth-order valence-corrected chi connectivity index (χ4v) is 3.37. The molecule has 0 amide bonds. The molecule has 0 bridgehead atoms. The third-order valence-electron chi connectivity index (χ3n) is 3.28. The minimum atomic E-state index is -0.663. The third-order valence-corrected chi connectivity index (χ3v) is 4.49. The van der Waals surface area contributed by atoms with E-state index >= 15 is 0 Å². The van der Waals surface area contributed by atoms with Gasteiger partial charge in [-0.3, -0.25) is 0 Å².